The zero-order valence-corrected chi connectivity index (χ0v) is 9.06. The topological polar surface area (TPSA) is 50.7 Å². The predicted molar refractivity (Wildman–Crippen MR) is 62.2 cm³/mol. The van der Waals surface area contributed by atoms with Gasteiger partial charge in [-0.3, -0.25) is 4.99 Å². The van der Waals surface area contributed by atoms with E-state index in [0.29, 0.717) is 10.9 Å². The Morgan fingerprint density at radius 3 is 2.62 bits per heavy atom. The van der Waals surface area contributed by atoms with Gasteiger partial charge in [0, 0.05) is 12.4 Å². The molecule has 0 aliphatic carbocycles. The fraction of sp³-hybridized carbons (Fsp3) is 0.333. The predicted octanol–water partition coefficient (Wildman–Crippen LogP) is 2.17. The van der Waals surface area contributed by atoms with Crippen molar-refractivity contribution in [1.82, 2.24) is 0 Å². The molecule has 0 bridgehead atoms. The summed E-state index contributed by atoms with van der Waals surface area (Å²) in [5.74, 6) is 0. The second kappa shape index (κ2) is 6.48. The number of hydrogen-bond donors (Lipinski definition) is 1. The molecule has 0 aliphatic heterocycles. The fourth-order valence-corrected chi connectivity index (χ4v) is 0.729. The van der Waals surface area contributed by atoms with Gasteiger partial charge in [0.25, 0.3) is 0 Å². The molecule has 0 radical (unpaired) electrons. The highest BCUT2D eigenvalue weighted by molar-refractivity contribution is 8.13. The number of hydrogen-bond acceptors (Lipinski definition) is 3. The van der Waals surface area contributed by atoms with Crippen molar-refractivity contribution in [3.63, 3.8) is 0 Å². The van der Waals surface area contributed by atoms with E-state index in [9.17, 15) is 0 Å². The van der Waals surface area contributed by atoms with Gasteiger partial charge in [0.15, 0.2) is 5.17 Å². The van der Waals surface area contributed by atoms with Gasteiger partial charge in [-0.25, -0.2) is 4.99 Å². The standard InChI is InChI=1S/C9H15N3S/c1-5-11-6-7(2)8(3)12-9(10)13-4/h5-6H,3H2,1-2,4H3,(H2,10,12)/b7-6+,11-5?. The number of nitrogens with two attached hydrogens (primary N) is 1. The van der Waals surface area contributed by atoms with Crippen LogP contribution in [0.4, 0.5) is 0 Å². The molecule has 0 unspecified atom stereocenters. The van der Waals surface area contributed by atoms with Crippen LogP contribution in [0.1, 0.15) is 13.8 Å². The Kier molecular flexibility index (Phi) is 5.97. The lowest BCUT2D eigenvalue weighted by Crippen LogP contribution is -2.05. The zero-order chi connectivity index (χ0) is 10.3. The molecule has 0 rings (SSSR count). The van der Waals surface area contributed by atoms with Crippen molar-refractivity contribution in [2.75, 3.05) is 6.26 Å². The van der Waals surface area contributed by atoms with E-state index in [-0.39, 0.29) is 0 Å². The SMILES string of the molecule is C=C(N=C(N)SC)/C(C)=C/N=CC. The summed E-state index contributed by atoms with van der Waals surface area (Å²) in [6.07, 6.45) is 5.28. The van der Waals surface area contributed by atoms with Crippen molar-refractivity contribution in [1.29, 1.82) is 0 Å². The third kappa shape index (κ3) is 5.25. The van der Waals surface area contributed by atoms with Crippen LogP contribution in [0.25, 0.3) is 0 Å². The van der Waals surface area contributed by atoms with E-state index >= 15 is 0 Å². The first kappa shape index (κ1) is 12.0. The Morgan fingerprint density at radius 2 is 2.15 bits per heavy atom. The van der Waals surface area contributed by atoms with Gasteiger partial charge >= 0.3 is 0 Å². The molecular formula is C9H15N3S. The highest BCUT2D eigenvalue weighted by atomic mass is 32.2. The van der Waals surface area contributed by atoms with E-state index in [2.05, 4.69) is 16.6 Å². The van der Waals surface area contributed by atoms with Crippen LogP contribution in [0.15, 0.2) is 34.0 Å². The van der Waals surface area contributed by atoms with Crippen LogP contribution in [0.2, 0.25) is 0 Å². The molecule has 4 heteroatoms. The van der Waals surface area contributed by atoms with E-state index in [1.54, 1.807) is 12.4 Å². The Hall–Kier alpha value is -1.03. The Morgan fingerprint density at radius 1 is 1.54 bits per heavy atom. The van der Waals surface area contributed by atoms with Crippen LogP contribution in [0.3, 0.4) is 0 Å². The second-order valence-electron chi connectivity index (χ2n) is 2.32. The molecule has 0 saturated heterocycles. The lowest BCUT2D eigenvalue weighted by molar-refractivity contribution is 1.27. The molecule has 0 amide bonds. The minimum absolute atomic E-state index is 0.512. The highest BCUT2D eigenvalue weighted by Crippen LogP contribution is 2.09. The number of rotatable bonds is 3. The summed E-state index contributed by atoms with van der Waals surface area (Å²) in [6, 6.07) is 0. The average molecular weight is 197 g/mol. The van der Waals surface area contributed by atoms with E-state index in [0.717, 1.165) is 5.57 Å². The molecule has 2 N–H and O–H groups in total. The van der Waals surface area contributed by atoms with Crippen molar-refractivity contribution < 1.29 is 0 Å². The van der Waals surface area contributed by atoms with E-state index in [1.165, 1.54) is 11.8 Å². The Bertz CT molecular complexity index is 264. The maximum Gasteiger partial charge on any atom is 0.158 e. The van der Waals surface area contributed by atoms with Crippen molar-refractivity contribution in [2.45, 2.75) is 13.8 Å². The van der Waals surface area contributed by atoms with Crippen molar-refractivity contribution in [3.8, 4) is 0 Å². The van der Waals surface area contributed by atoms with E-state index in [4.69, 9.17) is 5.73 Å². The minimum atomic E-state index is 0.512. The molecule has 0 saturated carbocycles. The van der Waals surface area contributed by atoms with E-state index < -0.39 is 0 Å². The molecule has 0 aromatic rings. The molecule has 0 fully saturated rings. The molecule has 3 nitrogen and oxygen atoms in total. The van der Waals surface area contributed by atoms with Gasteiger partial charge in [-0.05, 0) is 25.7 Å². The number of thioether (sulfide) groups is 1. The summed E-state index contributed by atoms with van der Waals surface area (Å²) >= 11 is 1.40. The third-order valence-electron chi connectivity index (χ3n) is 1.33. The lowest BCUT2D eigenvalue weighted by Gasteiger charge is -1.99. The summed E-state index contributed by atoms with van der Waals surface area (Å²) in [7, 11) is 0. The molecular weight excluding hydrogens is 182 g/mol. The Labute approximate surface area is 83.5 Å². The molecule has 0 aromatic carbocycles. The smallest absolute Gasteiger partial charge is 0.158 e. The lowest BCUT2D eigenvalue weighted by atomic mass is 10.3. The first-order valence-corrected chi connectivity index (χ1v) is 5.06. The Balaban J connectivity index is 4.44. The van der Waals surface area contributed by atoms with Crippen LogP contribution >= 0.6 is 11.8 Å². The normalized spacial score (nSPS) is 13.8. The molecule has 72 valence electrons. The van der Waals surface area contributed by atoms with Crippen molar-refractivity contribution in [3.05, 3.63) is 24.0 Å². The van der Waals surface area contributed by atoms with Gasteiger partial charge in [-0.15, -0.1) is 0 Å². The van der Waals surface area contributed by atoms with Crippen LogP contribution in [-0.4, -0.2) is 17.6 Å². The molecule has 0 heterocycles. The number of amidine groups is 1. The molecule has 0 atom stereocenters. The number of nitrogens with zero attached hydrogens (tertiary/aromatic N) is 2. The quantitative estimate of drug-likeness (QED) is 0.428. The average Bonchev–Trinajstić information content (AvgIpc) is 2.13. The summed E-state index contributed by atoms with van der Waals surface area (Å²) in [6.45, 7) is 7.52. The van der Waals surface area contributed by atoms with Gasteiger partial charge in [-0.1, -0.05) is 18.3 Å². The molecule has 0 aliphatic rings. The summed E-state index contributed by atoms with van der Waals surface area (Å²) in [5, 5.41) is 0.512. The first-order chi connectivity index (χ1) is 6.11. The van der Waals surface area contributed by atoms with Gasteiger partial charge in [0.2, 0.25) is 0 Å². The molecule has 0 spiro atoms. The monoisotopic (exact) mass is 197 g/mol. The summed E-state index contributed by atoms with van der Waals surface area (Å²) in [5.41, 5.74) is 7.09. The van der Waals surface area contributed by atoms with Crippen LogP contribution < -0.4 is 5.73 Å². The fourth-order valence-electron chi connectivity index (χ4n) is 0.528. The van der Waals surface area contributed by atoms with Crippen LogP contribution in [0, 0.1) is 0 Å². The van der Waals surface area contributed by atoms with Crippen LogP contribution in [-0.2, 0) is 0 Å². The third-order valence-corrected chi connectivity index (χ3v) is 1.84. The maximum atomic E-state index is 5.53. The van der Waals surface area contributed by atoms with Gasteiger partial charge in [0.05, 0.1) is 5.70 Å². The molecule has 0 aromatic heterocycles. The number of aliphatic imine (C=N–C) groups is 2. The first-order valence-electron chi connectivity index (χ1n) is 3.83. The van der Waals surface area contributed by atoms with Gasteiger partial charge in [0.1, 0.15) is 0 Å². The van der Waals surface area contributed by atoms with Crippen molar-refractivity contribution in [2.24, 2.45) is 15.7 Å². The van der Waals surface area contributed by atoms with Crippen molar-refractivity contribution >= 4 is 23.1 Å². The van der Waals surface area contributed by atoms with Crippen LogP contribution in [0.5, 0.6) is 0 Å². The van der Waals surface area contributed by atoms with Gasteiger partial charge < -0.3 is 5.73 Å². The molecule has 13 heavy (non-hydrogen) atoms. The summed E-state index contributed by atoms with van der Waals surface area (Å²) in [4.78, 5) is 8.03. The zero-order valence-electron chi connectivity index (χ0n) is 8.24. The van der Waals surface area contributed by atoms with Gasteiger partial charge in [-0.2, -0.15) is 0 Å². The minimum Gasteiger partial charge on any atom is -0.378 e. The summed E-state index contributed by atoms with van der Waals surface area (Å²) < 4.78 is 0. The highest BCUT2D eigenvalue weighted by Gasteiger charge is 1.94. The largest absolute Gasteiger partial charge is 0.378 e. The maximum absolute atomic E-state index is 5.53. The van der Waals surface area contributed by atoms with E-state index in [1.807, 2.05) is 20.1 Å². The number of allylic oxidation sites excluding steroid dienone is 1. The second-order valence-corrected chi connectivity index (χ2v) is 3.15.